The standard InChI is InChI=1S/2C12H24N2.C11H22N2.C10H19N.C9H17NO.C7H15NO2S.3C4H10.9C2H6/c1-9(2)13-5-11-7-14(10(3)4)8-12(11)6-13;1-9(2)13-7-11-5-6-12(8-13)14(11)10(3)4;1-8(2)12-6-11-5-10(12)7-13(11)9(3)4;1-8(2)11-6-9-4-3-5-10(9)7-11;1-7(2)10-3-8-5-11-6-9(8)4-10;1-7(2)8-3-5-11(9,10)6-4-8;3*1-4(2)3;9*1-2/h2*9-12H,5-8H2,1-4H3;8-11H,5-7H2,1-4H3;8-10H,3-7H2,1-2H3;7-9H,3-6H2,1-2H3;7H,3-6H2,1-2H3;3*4H,1-3H3;9*1-2H3/t;11-,12+;10-,11-;;;;;;;;;;;;;;;/m..1.............../s1. The molecule has 1 saturated carbocycles. The highest BCUT2D eigenvalue weighted by atomic mass is 32.2. The van der Waals surface area contributed by atoms with Gasteiger partial charge in [-0.15, -0.1) is 0 Å². The van der Waals surface area contributed by atoms with Crippen LogP contribution in [0.25, 0.3) is 0 Å². The zero-order chi connectivity index (χ0) is 83.1. The summed E-state index contributed by atoms with van der Waals surface area (Å²) in [6.07, 6.45) is 8.78. The van der Waals surface area contributed by atoms with Crippen molar-refractivity contribution >= 4 is 9.84 Å². The number of ether oxygens (including phenoxy) is 1. The maximum atomic E-state index is 11.0. The lowest BCUT2D eigenvalue weighted by Gasteiger charge is -2.44. The number of hydrogen-bond donors (Lipinski definition) is 0. The molecule has 10 aliphatic heterocycles. The Morgan fingerprint density at radius 1 is 0.260 bits per heavy atom. The maximum Gasteiger partial charge on any atom is 0.152 e. The highest BCUT2D eigenvalue weighted by Gasteiger charge is 2.46. The van der Waals surface area contributed by atoms with Crippen molar-refractivity contribution in [3.05, 3.63) is 0 Å². The molecule has 0 radical (unpaired) electrons. The predicted molar refractivity (Wildman–Crippen MR) is 478 cm³/mol. The summed E-state index contributed by atoms with van der Waals surface area (Å²) in [5.41, 5.74) is 0. The second-order valence-corrected chi connectivity index (χ2v) is 35.6. The third kappa shape index (κ3) is 49.1. The van der Waals surface area contributed by atoms with E-state index in [4.69, 9.17) is 4.74 Å². The number of sulfone groups is 1. The average molecular weight is 1510 g/mol. The van der Waals surface area contributed by atoms with Gasteiger partial charge >= 0.3 is 0 Å². The summed E-state index contributed by atoms with van der Waals surface area (Å²) in [6, 6.07) is 9.81. The first-order chi connectivity index (χ1) is 49.0. The van der Waals surface area contributed by atoms with E-state index in [-0.39, 0.29) is 0 Å². The van der Waals surface area contributed by atoms with Crippen LogP contribution in [0.1, 0.15) is 350 Å². The molecule has 0 spiro atoms. The first-order valence-corrected chi connectivity index (χ1v) is 47.3. The van der Waals surface area contributed by atoms with E-state index in [1.54, 1.807) is 0 Å². The molecule has 0 N–H and O–H groups in total. The summed E-state index contributed by atoms with van der Waals surface area (Å²) >= 11 is 0. The second-order valence-electron chi connectivity index (χ2n) is 33.3. The first kappa shape index (κ1) is 117. The fraction of sp³-hybridized carbons (Fsp3) is 1.00. The molecule has 11 fully saturated rings. The van der Waals surface area contributed by atoms with Crippen LogP contribution in [0.5, 0.6) is 0 Å². The van der Waals surface area contributed by atoms with Crippen molar-refractivity contribution in [1.82, 2.24) is 44.1 Å². The molecule has 0 aromatic carbocycles. The smallest absolute Gasteiger partial charge is 0.152 e. The van der Waals surface area contributed by atoms with Crippen LogP contribution in [0, 0.1) is 53.3 Å². The third-order valence-corrected chi connectivity index (χ3v) is 21.8. The van der Waals surface area contributed by atoms with E-state index in [2.05, 4.69) is 231 Å². The van der Waals surface area contributed by atoms with E-state index in [9.17, 15) is 8.42 Å². The van der Waals surface area contributed by atoms with E-state index < -0.39 is 9.84 Å². The number of hydrogen-bond acceptors (Lipinski definition) is 12. The van der Waals surface area contributed by atoms with E-state index in [1.807, 2.05) is 125 Å². The fourth-order valence-electron chi connectivity index (χ4n) is 15.2. The van der Waals surface area contributed by atoms with Gasteiger partial charge < -0.3 is 24.3 Å². The lowest BCUT2D eigenvalue weighted by Crippen LogP contribution is -2.57. The predicted octanol–water partition coefficient (Wildman–Crippen LogP) is 22.6. The van der Waals surface area contributed by atoms with Gasteiger partial charge in [0.25, 0.3) is 0 Å². The minimum atomic E-state index is -2.69. The van der Waals surface area contributed by atoms with Crippen LogP contribution in [0.3, 0.4) is 0 Å². The van der Waals surface area contributed by atoms with Crippen molar-refractivity contribution < 1.29 is 13.2 Å². The van der Waals surface area contributed by atoms with Crippen LogP contribution in [0.2, 0.25) is 0 Å². The normalized spacial score (nSPS) is 26.2. The number of likely N-dealkylation sites (tertiary alicyclic amines) is 7. The largest absolute Gasteiger partial charge is 0.381 e. The van der Waals surface area contributed by atoms with Gasteiger partial charge in [-0.3, -0.25) is 24.5 Å². The molecular weight excluding hydrogens is 1300 g/mol. The van der Waals surface area contributed by atoms with Crippen LogP contribution in [0.15, 0.2) is 0 Å². The molecule has 11 aliphatic rings. The number of nitrogens with zero attached hydrogens (tertiary/aromatic N) is 9. The average Bonchev–Trinajstić information content (AvgIpc) is 1.64. The van der Waals surface area contributed by atoms with Crippen molar-refractivity contribution in [2.75, 3.05) is 116 Å². The van der Waals surface area contributed by atoms with Crippen molar-refractivity contribution in [3.63, 3.8) is 0 Å². The van der Waals surface area contributed by atoms with Gasteiger partial charge in [0.15, 0.2) is 9.84 Å². The van der Waals surface area contributed by atoms with Gasteiger partial charge in [0.1, 0.15) is 0 Å². The first-order valence-electron chi connectivity index (χ1n) is 45.5. The SMILES string of the molecule is CC.CC.CC.CC.CC.CC.CC.CC.CC.CC(C)C.CC(C)C.CC(C)C.CC(C)N1CC2CCCC2C1.CC(C)N1CC2CN(C(C)C)CC2C1.CC(C)N1CC2COCC2C1.CC(C)N1CCS(=O)(=O)CC1.CC(C)N1C[C@H]2CC[C@@H](C1)N2C(C)C.CC(C)N1C[C@H]2C[C@@H]1CN2C(C)C. The van der Waals surface area contributed by atoms with E-state index >= 15 is 0 Å². The summed E-state index contributed by atoms with van der Waals surface area (Å²) < 4.78 is 27.4. The highest BCUT2D eigenvalue weighted by molar-refractivity contribution is 7.91. The molecule has 8 atom stereocenters. The van der Waals surface area contributed by atoms with E-state index in [1.165, 1.54) is 117 Å². The van der Waals surface area contributed by atoms with Crippen LogP contribution in [-0.2, 0) is 14.6 Å². The van der Waals surface area contributed by atoms with Crippen molar-refractivity contribution in [1.29, 1.82) is 0 Å². The minimum Gasteiger partial charge on any atom is -0.381 e. The Hall–Kier alpha value is -0.450. The monoisotopic (exact) mass is 1500 g/mol. The Morgan fingerprint density at radius 2 is 0.490 bits per heavy atom. The quantitative estimate of drug-likeness (QED) is 0.221. The molecule has 13 heteroatoms. The van der Waals surface area contributed by atoms with Crippen molar-refractivity contribution in [3.8, 4) is 0 Å². The van der Waals surface area contributed by atoms with E-state index in [0.717, 1.165) is 139 Å². The van der Waals surface area contributed by atoms with Crippen LogP contribution >= 0.6 is 0 Å². The van der Waals surface area contributed by atoms with Gasteiger partial charge in [-0.2, -0.15) is 0 Å². The molecule has 1 aliphatic carbocycles. The molecule has 0 aromatic heterocycles. The zero-order valence-corrected chi connectivity index (χ0v) is 81.1. The van der Waals surface area contributed by atoms with Gasteiger partial charge in [-0.05, 0) is 198 Å². The Kier molecular flexibility index (Phi) is 77.8. The van der Waals surface area contributed by atoms with Gasteiger partial charge in [0.05, 0.1) is 24.7 Å². The molecule has 10 saturated heterocycles. The third-order valence-electron chi connectivity index (χ3n) is 20.1. The number of piperazine rings is 2. The van der Waals surface area contributed by atoms with Crippen LogP contribution in [0.4, 0.5) is 0 Å². The molecule has 4 unspecified atom stereocenters. The molecule has 11 rings (SSSR count). The minimum absolute atomic E-state index is 0.338. The Bertz CT molecular complexity index is 1740. The molecule has 12 nitrogen and oxygen atoms in total. The molecule has 0 aromatic rings. The molecule has 10 heterocycles. The van der Waals surface area contributed by atoms with Gasteiger partial charge in [0.2, 0.25) is 0 Å². The Balaban J connectivity index is -0.000000202. The number of fused-ring (bicyclic) bond motifs is 7. The Labute approximate surface area is 661 Å². The lowest BCUT2D eigenvalue weighted by atomic mass is 10.0. The second kappa shape index (κ2) is 69.3. The summed E-state index contributed by atoms with van der Waals surface area (Å²) in [6.45, 7) is 116. The summed E-state index contributed by atoms with van der Waals surface area (Å²) in [7, 11) is -2.69. The molecule has 104 heavy (non-hydrogen) atoms. The topological polar surface area (TPSA) is 72.5 Å². The Morgan fingerprint density at radius 3 is 0.712 bits per heavy atom. The van der Waals surface area contributed by atoms with Gasteiger partial charge in [-0.1, -0.05) is 193 Å². The van der Waals surface area contributed by atoms with Gasteiger partial charge in [-0.25, -0.2) is 8.42 Å². The van der Waals surface area contributed by atoms with Crippen molar-refractivity contribution in [2.45, 2.75) is 429 Å². The summed E-state index contributed by atoms with van der Waals surface area (Å²) in [5.74, 6) is 8.92. The summed E-state index contributed by atoms with van der Waals surface area (Å²) in [4.78, 5) is 23.4. The zero-order valence-electron chi connectivity index (χ0n) is 80.3. The molecular formula is C91H205N9O3S. The highest BCUT2D eigenvalue weighted by Crippen LogP contribution is 2.39. The summed E-state index contributed by atoms with van der Waals surface area (Å²) in [5, 5.41) is 0. The molecule has 4 bridgehead atoms. The van der Waals surface area contributed by atoms with Crippen LogP contribution in [-0.4, -0.2) is 247 Å². The maximum absolute atomic E-state index is 11.0. The lowest BCUT2D eigenvalue weighted by molar-refractivity contribution is 0.0292. The fourth-order valence-corrected chi connectivity index (χ4v) is 16.4. The van der Waals surface area contributed by atoms with E-state index in [0.29, 0.717) is 30.6 Å². The number of rotatable bonds is 9. The molecule has 0 amide bonds. The van der Waals surface area contributed by atoms with Crippen LogP contribution < -0.4 is 0 Å². The molecule has 638 valence electrons. The van der Waals surface area contributed by atoms with Crippen molar-refractivity contribution in [2.24, 2.45) is 53.3 Å². The van der Waals surface area contributed by atoms with Gasteiger partial charge in [0, 0.05) is 182 Å².